The Bertz CT molecular complexity index is 633. The van der Waals surface area contributed by atoms with E-state index in [-0.39, 0.29) is 5.54 Å². The third-order valence-electron chi connectivity index (χ3n) is 4.69. The molecule has 2 N–H and O–H groups in total. The van der Waals surface area contributed by atoms with E-state index in [0.29, 0.717) is 6.04 Å². The predicted molar refractivity (Wildman–Crippen MR) is 77.2 cm³/mol. The summed E-state index contributed by atoms with van der Waals surface area (Å²) in [6.45, 7) is 2.13. The van der Waals surface area contributed by atoms with Gasteiger partial charge in [-0.05, 0) is 56.7 Å². The summed E-state index contributed by atoms with van der Waals surface area (Å²) in [5.41, 5.74) is 10.2. The zero-order chi connectivity index (χ0) is 13.0. The molecular weight excluding hydrogens is 234 g/mol. The highest BCUT2D eigenvalue weighted by Gasteiger charge is 2.36. The van der Waals surface area contributed by atoms with Crippen LogP contribution in [-0.2, 0) is 6.42 Å². The van der Waals surface area contributed by atoms with Gasteiger partial charge in [-0.15, -0.1) is 0 Å². The van der Waals surface area contributed by atoms with Gasteiger partial charge in [0.15, 0.2) is 0 Å². The Morgan fingerprint density at radius 2 is 2.16 bits per heavy atom. The molecule has 2 fully saturated rings. The molecule has 0 aliphatic heterocycles. The average molecular weight is 255 g/mol. The third-order valence-corrected chi connectivity index (χ3v) is 4.69. The molecule has 0 bridgehead atoms. The van der Waals surface area contributed by atoms with Crippen LogP contribution in [0.15, 0.2) is 18.2 Å². The lowest BCUT2D eigenvalue weighted by atomic mass is 9.75. The second kappa shape index (κ2) is 3.83. The van der Waals surface area contributed by atoms with Crippen LogP contribution in [-0.4, -0.2) is 15.1 Å². The third kappa shape index (κ3) is 1.88. The summed E-state index contributed by atoms with van der Waals surface area (Å²) in [5, 5.41) is 0. The van der Waals surface area contributed by atoms with Crippen molar-refractivity contribution < 1.29 is 0 Å². The van der Waals surface area contributed by atoms with Crippen LogP contribution >= 0.6 is 0 Å². The highest BCUT2D eigenvalue weighted by molar-refractivity contribution is 5.77. The number of hydrogen-bond acceptors (Lipinski definition) is 2. The van der Waals surface area contributed by atoms with Gasteiger partial charge < -0.3 is 10.3 Å². The SMILES string of the molecule is Cc1ccc2c(c1)nc(CC1(N)CCC1)n2C1CC1. The summed E-state index contributed by atoms with van der Waals surface area (Å²) in [5.74, 6) is 1.21. The first-order valence-corrected chi connectivity index (χ1v) is 7.41. The molecule has 4 rings (SSSR count). The lowest BCUT2D eigenvalue weighted by Crippen LogP contribution is -2.48. The van der Waals surface area contributed by atoms with Crippen LogP contribution in [0.2, 0.25) is 0 Å². The predicted octanol–water partition coefficient (Wildman–Crippen LogP) is 3.10. The largest absolute Gasteiger partial charge is 0.325 e. The van der Waals surface area contributed by atoms with Crippen LogP contribution in [0.25, 0.3) is 11.0 Å². The standard InChI is InChI=1S/C16H21N3/c1-11-3-6-14-13(9-11)18-15(19(14)12-4-5-12)10-16(17)7-2-8-16/h3,6,9,12H,2,4-5,7-8,10,17H2,1H3. The van der Waals surface area contributed by atoms with Gasteiger partial charge in [0.25, 0.3) is 0 Å². The Morgan fingerprint density at radius 1 is 1.37 bits per heavy atom. The number of nitrogens with two attached hydrogens (primary N) is 1. The van der Waals surface area contributed by atoms with Crippen molar-refractivity contribution >= 4 is 11.0 Å². The summed E-state index contributed by atoms with van der Waals surface area (Å²) in [4.78, 5) is 4.88. The van der Waals surface area contributed by atoms with Crippen molar-refractivity contribution in [1.29, 1.82) is 0 Å². The molecule has 0 spiro atoms. The molecule has 3 heteroatoms. The van der Waals surface area contributed by atoms with E-state index in [1.165, 1.54) is 36.2 Å². The van der Waals surface area contributed by atoms with Gasteiger partial charge >= 0.3 is 0 Å². The molecule has 2 aliphatic carbocycles. The second-order valence-corrected chi connectivity index (χ2v) is 6.51. The fourth-order valence-corrected chi connectivity index (χ4v) is 3.25. The van der Waals surface area contributed by atoms with Crippen molar-refractivity contribution in [2.45, 2.75) is 57.0 Å². The number of rotatable bonds is 3. The maximum Gasteiger partial charge on any atom is 0.111 e. The van der Waals surface area contributed by atoms with Gasteiger partial charge in [0.1, 0.15) is 5.82 Å². The minimum atomic E-state index is 0.0169. The van der Waals surface area contributed by atoms with E-state index in [4.69, 9.17) is 10.7 Å². The van der Waals surface area contributed by atoms with E-state index in [9.17, 15) is 0 Å². The lowest BCUT2D eigenvalue weighted by molar-refractivity contribution is 0.241. The molecule has 2 saturated carbocycles. The molecule has 100 valence electrons. The van der Waals surface area contributed by atoms with Crippen LogP contribution in [0.5, 0.6) is 0 Å². The van der Waals surface area contributed by atoms with Crippen molar-refractivity contribution in [1.82, 2.24) is 9.55 Å². The molecule has 1 heterocycles. The van der Waals surface area contributed by atoms with E-state index in [1.54, 1.807) is 0 Å². The number of nitrogens with zero attached hydrogens (tertiary/aromatic N) is 2. The minimum absolute atomic E-state index is 0.0169. The van der Waals surface area contributed by atoms with Crippen LogP contribution in [0, 0.1) is 6.92 Å². The molecule has 2 aromatic rings. The van der Waals surface area contributed by atoms with E-state index < -0.39 is 0 Å². The number of imidazole rings is 1. The van der Waals surface area contributed by atoms with Crippen LogP contribution in [0.3, 0.4) is 0 Å². The lowest BCUT2D eigenvalue weighted by Gasteiger charge is -2.37. The first kappa shape index (κ1) is 11.5. The van der Waals surface area contributed by atoms with Crippen molar-refractivity contribution in [2.75, 3.05) is 0 Å². The van der Waals surface area contributed by atoms with Crippen molar-refractivity contribution in [3.63, 3.8) is 0 Å². The molecule has 0 unspecified atom stereocenters. The summed E-state index contributed by atoms with van der Waals surface area (Å²) >= 11 is 0. The van der Waals surface area contributed by atoms with E-state index in [1.807, 2.05) is 0 Å². The van der Waals surface area contributed by atoms with Gasteiger partial charge in [-0.1, -0.05) is 6.07 Å². The first-order chi connectivity index (χ1) is 9.15. The molecule has 3 nitrogen and oxygen atoms in total. The Balaban J connectivity index is 1.81. The molecule has 0 radical (unpaired) electrons. The van der Waals surface area contributed by atoms with Gasteiger partial charge in [0.2, 0.25) is 0 Å². The fraction of sp³-hybridized carbons (Fsp3) is 0.562. The normalized spacial score (nSPS) is 21.6. The summed E-state index contributed by atoms with van der Waals surface area (Å²) in [6.07, 6.45) is 7.12. The summed E-state index contributed by atoms with van der Waals surface area (Å²) in [6, 6.07) is 7.28. The zero-order valence-electron chi connectivity index (χ0n) is 11.5. The van der Waals surface area contributed by atoms with Crippen molar-refractivity contribution in [2.24, 2.45) is 5.73 Å². The summed E-state index contributed by atoms with van der Waals surface area (Å²) in [7, 11) is 0. The van der Waals surface area contributed by atoms with E-state index in [0.717, 1.165) is 24.8 Å². The Hall–Kier alpha value is -1.35. The molecule has 0 amide bonds. The maximum atomic E-state index is 6.42. The maximum absolute atomic E-state index is 6.42. The van der Waals surface area contributed by atoms with Gasteiger partial charge in [0.05, 0.1) is 11.0 Å². The topological polar surface area (TPSA) is 43.8 Å². The molecule has 19 heavy (non-hydrogen) atoms. The number of fused-ring (bicyclic) bond motifs is 1. The molecule has 1 aromatic carbocycles. The zero-order valence-corrected chi connectivity index (χ0v) is 11.5. The smallest absolute Gasteiger partial charge is 0.111 e. The molecular formula is C16H21N3. The quantitative estimate of drug-likeness (QED) is 0.915. The molecule has 0 saturated heterocycles. The number of aromatic nitrogens is 2. The number of hydrogen-bond donors (Lipinski definition) is 1. The molecule has 2 aliphatic rings. The number of benzene rings is 1. The molecule has 1 aromatic heterocycles. The van der Waals surface area contributed by atoms with Crippen LogP contribution in [0.1, 0.15) is 49.5 Å². The van der Waals surface area contributed by atoms with E-state index >= 15 is 0 Å². The van der Waals surface area contributed by atoms with Crippen molar-refractivity contribution in [3.8, 4) is 0 Å². The molecule has 0 atom stereocenters. The monoisotopic (exact) mass is 255 g/mol. The van der Waals surface area contributed by atoms with Crippen LogP contribution < -0.4 is 5.73 Å². The number of aryl methyl sites for hydroxylation is 1. The highest BCUT2D eigenvalue weighted by atomic mass is 15.1. The van der Waals surface area contributed by atoms with Crippen LogP contribution in [0.4, 0.5) is 0 Å². The Morgan fingerprint density at radius 3 is 2.79 bits per heavy atom. The average Bonchev–Trinajstić information content (AvgIpc) is 3.10. The van der Waals surface area contributed by atoms with Gasteiger partial charge in [0, 0.05) is 18.0 Å². The van der Waals surface area contributed by atoms with Gasteiger partial charge in [-0.2, -0.15) is 0 Å². The first-order valence-electron chi connectivity index (χ1n) is 7.41. The fourth-order valence-electron chi connectivity index (χ4n) is 3.25. The Labute approximate surface area is 113 Å². The highest BCUT2D eigenvalue weighted by Crippen LogP contribution is 2.41. The Kier molecular flexibility index (Phi) is 2.31. The summed E-state index contributed by atoms with van der Waals surface area (Å²) < 4.78 is 2.46. The minimum Gasteiger partial charge on any atom is -0.325 e. The van der Waals surface area contributed by atoms with Gasteiger partial charge in [-0.25, -0.2) is 4.98 Å². The van der Waals surface area contributed by atoms with E-state index in [2.05, 4.69) is 29.7 Å². The van der Waals surface area contributed by atoms with Crippen molar-refractivity contribution in [3.05, 3.63) is 29.6 Å². The second-order valence-electron chi connectivity index (χ2n) is 6.51. The van der Waals surface area contributed by atoms with Gasteiger partial charge in [-0.3, -0.25) is 0 Å².